The maximum Gasteiger partial charge on any atom is 0.151 e. The van der Waals surface area contributed by atoms with Crippen LogP contribution in [0.15, 0.2) is 47.1 Å². The summed E-state index contributed by atoms with van der Waals surface area (Å²) in [6.45, 7) is 2.94. The van der Waals surface area contributed by atoms with Crippen LogP contribution in [0, 0.1) is 6.92 Å². The summed E-state index contributed by atoms with van der Waals surface area (Å²) in [7, 11) is -3.00. The quantitative estimate of drug-likeness (QED) is 0.756. The van der Waals surface area contributed by atoms with Gasteiger partial charge in [0.25, 0.3) is 0 Å². The van der Waals surface area contributed by atoms with Gasteiger partial charge in [-0.15, -0.1) is 0 Å². The molecule has 1 fully saturated rings. The fourth-order valence-electron chi connectivity index (χ4n) is 3.16. The first kappa shape index (κ1) is 18.9. The Labute approximate surface area is 154 Å². The van der Waals surface area contributed by atoms with E-state index >= 15 is 0 Å². The highest BCUT2D eigenvalue weighted by Gasteiger charge is 2.33. The normalized spacial score (nSPS) is 20.3. The second kappa shape index (κ2) is 8.24. The van der Waals surface area contributed by atoms with Crippen molar-refractivity contribution in [2.75, 3.05) is 24.7 Å². The van der Waals surface area contributed by atoms with Crippen molar-refractivity contribution in [2.24, 2.45) is 0 Å². The Hall–Kier alpha value is -1.83. The highest BCUT2D eigenvalue weighted by atomic mass is 32.2. The average molecular weight is 379 g/mol. The monoisotopic (exact) mass is 379 g/mol. The number of nitrogens with zero attached hydrogens (tertiary/aromatic N) is 1. The van der Waals surface area contributed by atoms with Gasteiger partial charge in [0.15, 0.2) is 9.84 Å². The second-order valence-corrected chi connectivity index (χ2v) is 9.07. The van der Waals surface area contributed by atoms with Crippen molar-refractivity contribution >= 4 is 9.84 Å². The maximum atomic E-state index is 11.8. The van der Waals surface area contributed by atoms with Crippen molar-refractivity contribution in [1.29, 1.82) is 0 Å². The Kier molecular flexibility index (Phi) is 6.01. The maximum absolute atomic E-state index is 11.8. The predicted molar refractivity (Wildman–Crippen MR) is 98.9 cm³/mol. The molecule has 0 saturated carbocycles. The van der Waals surface area contributed by atoms with Crippen LogP contribution in [0.3, 0.4) is 0 Å². The van der Waals surface area contributed by atoms with E-state index in [4.69, 9.17) is 9.15 Å². The molecule has 1 aromatic heterocycles. The summed E-state index contributed by atoms with van der Waals surface area (Å²) >= 11 is 0. The topological polar surface area (TPSA) is 80.0 Å². The standard InChI is InChI=1S/C19H25NO5S/c1-15-4-6-18(7-5-15)25-13-17(21)11-20(12-19-3-2-9-24-19)16-8-10-26(22,23)14-16/h2-7,9,16-17,21H,8,10-14H2,1H3. The van der Waals surface area contributed by atoms with Crippen molar-refractivity contribution in [3.05, 3.63) is 54.0 Å². The van der Waals surface area contributed by atoms with Gasteiger partial charge >= 0.3 is 0 Å². The lowest BCUT2D eigenvalue weighted by Crippen LogP contribution is -2.42. The van der Waals surface area contributed by atoms with E-state index in [2.05, 4.69) is 0 Å². The van der Waals surface area contributed by atoms with Crippen LogP contribution >= 0.6 is 0 Å². The zero-order valence-electron chi connectivity index (χ0n) is 14.9. The Balaban J connectivity index is 1.59. The average Bonchev–Trinajstić information content (AvgIpc) is 3.23. The van der Waals surface area contributed by atoms with Crippen LogP contribution in [0.2, 0.25) is 0 Å². The molecule has 0 aliphatic carbocycles. The number of furan rings is 1. The highest BCUT2D eigenvalue weighted by molar-refractivity contribution is 7.91. The van der Waals surface area contributed by atoms with E-state index in [0.717, 1.165) is 11.3 Å². The SMILES string of the molecule is Cc1ccc(OCC(O)CN(Cc2ccco2)C2CCS(=O)(=O)C2)cc1. The lowest BCUT2D eigenvalue weighted by Gasteiger charge is -2.29. The van der Waals surface area contributed by atoms with Crippen molar-refractivity contribution in [2.45, 2.75) is 32.0 Å². The van der Waals surface area contributed by atoms with Crippen molar-refractivity contribution in [3.8, 4) is 5.75 Å². The van der Waals surface area contributed by atoms with Gasteiger partial charge in [-0.25, -0.2) is 8.42 Å². The first-order chi connectivity index (χ1) is 12.4. The van der Waals surface area contributed by atoms with Crippen LogP contribution in [0.25, 0.3) is 0 Å². The predicted octanol–water partition coefficient (Wildman–Crippen LogP) is 2.02. The van der Waals surface area contributed by atoms with Gasteiger partial charge in [-0.2, -0.15) is 0 Å². The van der Waals surface area contributed by atoms with Crippen LogP contribution in [0.1, 0.15) is 17.7 Å². The highest BCUT2D eigenvalue weighted by Crippen LogP contribution is 2.21. The molecule has 2 unspecified atom stereocenters. The van der Waals surface area contributed by atoms with Crippen LogP contribution in [0.4, 0.5) is 0 Å². The molecule has 2 heterocycles. The molecule has 1 aliphatic heterocycles. The molecule has 2 aromatic rings. The summed E-state index contributed by atoms with van der Waals surface area (Å²) < 4.78 is 34.7. The van der Waals surface area contributed by atoms with Crippen LogP contribution in [0.5, 0.6) is 5.75 Å². The first-order valence-corrected chi connectivity index (χ1v) is 10.6. The lowest BCUT2D eigenvalue weighted by atomic mass is 10.2. The molecule has 6 nitrogen and oxygen atoms in total. The molecule has 3 rings (SSSR count). The Bertz CT molecular complexity index is 786. The zero-order chi connectivity index (χ0) is 18.6. The number of ether oxygens (including phenoxy) is 1. The Morgan fingerprint density at radius 2 is 2.08 bits per heavy atom. The summed E-state index contributed by atoms with van der Waals surface area (Å²) in [5.74, 6) is 1.78. The van der Waals surface area contributed by atoms with Crippen molar-refractivity contribution in [1.82, 2.24) is 4.90 Å². The van der Waals surface area contributed by atoms with Gasteiger partial charge in [-0.1, -0.05) is 17.7 Å². The molecule has 0 bridgehead atoms. The number of aliphatic hydroxyl groups is 1. The molecule has 2 atom stereocenters. The van der Waals surface area contributed by atoms with Crippen molar-refractivity contribution < 1.29 is 22.7 Å². The molecular weight excluding hydrogens is 354 g/mol. The fraction of sp³-hybridized carbons (Fsp3) is 0.474. The molecule has 1 N–H and O–H groups in total. The van der Waals surface area contributed by atoms with E-state index in [1.54, 1.807) is 12.3 Å². The summed E-state index contributed by atoms with van der Waals surface area (Å²) in [6.07, 6.45) is 1.44. The molecule has 7 heteroatoms. The number of rotatable bonds is 8. The number of sulfone groups is 1. The van der Waals surface area contributed by atoms with Crippen molar-refractivity contribution in [3.63, 3.8) is 0 Å². The van der Waals surface area contributed by atoms with Crippen LogP contribution in [-0.4, -0.2) is 55.2 Å². The van der Waals surface area contributed by atoms with Crippen LogP contribution in [-0.2, 0) is 16.4 Å². The van der Waals surface area contributed by atoms with Crippen LogP contribution < -0.4 is 4.74 Å². The Morgan fingerprint density at radius 3 is 2.69 bits per heavy atom. The number of hydrogen-bond acceptors (Lipinski definition) is 6. The summed E-state index contributed by atoms with van der Waals surface area (Å²) in [5, 5.41) is 10.4. The summed E-state index contributed by atoms with van der Waals surface area (Å²) in [6, 6.07) is 11.2. The van der Waals surface area contributed by atoms with Gasteiger partial charge in [0.1, 0.15) is 24.2 Å². The minimum absolute atomic E-state index is 0.112. The molecular formula is C19H25NO5S. The molecule has 26 heavy (non-hydrogen) atoms. The van der Waals surface area contributed by atoms with E-state index in [1.165, 1.54) is 0 Å². The van der Waals surface area contributed by atoms with E-state index < -0.39 is 15.9 Å². The van der Waals surface area contributed by atoms with Gasteiger partial charge in [0.05, 0.1) is 24.3 Å². The van der Waals surface area contributed by atoms with E-state index in [1.807, 2.05) is 42.2 Å². The summed E-state index contributed by atoms with van der Waals surface area (Å²) in [5.41, 5.74) is 1.14. The van der Waals surface area contributed by atoms with Gasteiger partial charge in [0, 0.05) is 12.6 Å². The number of benzene rings is 1. The summed E-state index contributed by atoms with van der Waals surface area (Å²) in [4.78, 5) is 1.98. The smallest absolute Gasteiger partial charge is 0.151 e. The molecule has 142 valence electrons. The molecule has 0 amide bonds. The molecule has 0 radical (unpaired) electrons. The number of aliphatic hydroxyl groups excluding tert-OH is 1. The van der Waals surface area contributed by atoms with E-state index in [9.17, 15) is 13.5 Å². The number of aryl methyl sites for hydroxylation is 1. The van der Waals surface area contributed by atoms with E-state index in [-0.39, 0.29) is 24.2 Å². The number of hydrogen-bond donors (Lipinski definition) is 1. The molecule has 1 aliphatic rings. The zero-order valence-corrected chi connectivity index (χ0v) is 15.7. The third-order valence-corrected chi connectivity index (χ3v) is 6.32. The van der Waals surface area contributed by atoms with Gasteiger partial charge in [0.2, 0.25) is 0 Å². The van der Waals surface area contributed by atoms with Gasteiger partial charge in [-0.3, -0.25) is 4.90 Å². The largest absolute Gasteiger partial charge is 0.491 e. The lowest BCUT2D eigenvalue weighted by molar-refractivity contribution is 0.0497. The van der Waals surface area contributed by atoms with Gasteiger partial charge in [-0.05, 0) is 37.6 Å². The minimum atomic E-state index is -3.00. The second-order valence-electron chi connectivity index (χ2n) is 6.84. The van der Waals surface area contributed by atoms with Gasteiger partial charge < -0.3 is 14.3 Å². The molecule has 1 saturated heterocycles. The Morgan fingerprint density at radius 1 is 1.31 bits per heavy atom. The first-order valence-electron chi connectivity index (χ1n) is 8.76. The molecule has 0 spiro atoms. The minimum Gasteiger partial charge on any atom is -0.491 e. The third-order valence-electron chi connectivity index (χ3n) is 4.57. The van der Waals surface area contributed by atoms with E-state index in [0.29, 0.717) is 25.3 Å². The molecule has 1 aromatic carbocycles. The fourth-order valence-corrected chi connectivity index (χ4v) is 4.92. The third kappa shape index (κ3) is 5.33.